The lowest BCUT2D eigenvalue weighted by Gasteiger charge is -2.57. The van der Waals surface area contributed by atoms with Gasteiger partial charge in [-0.05, 0) is 73.8 Å². The zero-order chi connectivity index (χ0) is 25.4. The number of halogens is 6. The zero-order valence-electron chi connectivity index (χ0n) is 17.7. The van der Waals surface area contributed by atoms with Crippen LogP contribution in [-0.2, 0) is 20.1 Å². The van der Waals surface area contributed by atoms with E-state index < -0.39 is 54.2 Å². The van der Waals surface area contributed by atoms with Gasteiger partial charge in [0.2, 0.25) is 0 Å². The van der Waals surface area contributed by atoms with Crippen LogP contribution >= 0.6 is 0 Å². The summed E-state index contributed by atoms with van der Waals surface area (Å²) in [6.45, 7) is -0.633. The summed E-state index contributed by atoms with van der Waals surface area (Å²) in [4.78, 5) is 0. The van der Waals surface area contributed by atoms with Crippen molar-refractivity contribution in [1.82, 2.24) is 0 Å². The van der Waals surface area contributed by atoms with E-state index in [1.807, 2.05) is 0 Å². The van der Waals surface area contributed by atoms with Crippen molar-refractivity contribution in [3.05, 3.63) is 30.3 Å². The van der Waals surface area contributed by atoms with E-state index in [4.69, 9.17) is 4.55 Å². The first-order valence-electron chi connectivity index (χ1n) is 10.6. The maximum Gasteiger partial charge on any atom is 0.439 e. The van der Waals surface area contributed by atoms with Crippen molar-refractivity contribution in [3.63, 3.8) is 0 Å². The largest absolute Gasteiger partial charge is 0.439 e. The third-order valence-corrected chi connectivity index (χ3v) is 10.1. The molecule has 14 heteroatoms. The Morgan fingerprint density at radius 1 is 0.824 bits per heavy atom. The third-order valence-electron chi connectivity index (χ3n) is 7.36. The maximum atomic E-state index is 14.9. The molecule has 4 saturated carbocycles. The van der Waals surface area contributed by atoms with Crippen LogP contribution in [0.1, 0.15) is 38.5 Å². The molecule has 4 aliphatic rings. The minimum atomic E-state index is -7.08. The van der Waals surface area contributed by atoms with Gasteiger partial charge in [-0.2, -0.15) is 43.2 Å². The quantitative estimate of drug-likeness (QED) is 0.383. The van der Waals surface area contributed by atoms with Gasteiger partial charge in [-0.1, -0.05) is 18.2 Å². The molecular weight excluding hydrogens is 512 g/mol. The molecule has 0 unspecified atom stereocenters. The van der Waals surface area contributed by atoms with Gasteiger partial charge in [0, 0.05) is 6.54 Å². The monoisotopic (exact) mass is 535 g/mol. The predicted octanol–water partition coefficient (Wildman–Crippen LogP) is 4.75. The van der Waals surface area contributed by atoms with Gasteiger partial charge < -0.3 is 0 Å². The van der Waals surface area contributed by atoms with Gasteiger partial charge in [0.25, 0.3) is 0 Å². The molecule has 4 aliphatic carbocycles. The van der Waals surface area contributed by atoms with Crippen molar-refractivity contribution < 1.29 is 47.7 Å². The van der Waals surface area contributed by atoms with E-state index in [1.54, 1.807) is 0 Å². The van der Waals surface area contributed by atoms with E-state index in [2.05, 4.69) is 0 Å². The number of sulfonamides is 1. The molecule has 34 heavy (non-hydrogen) atoms. The summed E-state index contributed by atoms with van der Waals surface area (Å²) < 4.78 is 142. The lowest BCUT2D eigenvalue weighted by molar-refractivity contribution is -0.245. The first-order valence-corrected chi connectivity index (χ1v) is 13.5. The van der Waals surface area contributed by atoms with E-state index in [0.717, 1.165) is 31.4 Å². The summed E-state index contributed by atoms with van der Waals surface area (Å²) in [6, 6.07) is 6.07. The first kappa shape index (κ1) is 25.5. The average molecular weight is 536 g/mol. The maximum absolute atomic E-state index is 14.9. The van der Waals surface area contributed by atoms with Crippen LogP contribution in [0.25, 0.3) is 0 Å². The Bertz CT molecular complexity index is 1120. The Morgan fingerprint density at radius 2 is 1.26 bits per heavy atom. The fourth-order valence-corrected chi connectivity index (χ4v) is 8.42. The van der Waals surface area contributed by atoms with Crippen molar-refractivity contribution in [2.75, 3.05) is 10.8 Å². The molecule has 0 heterocycles. The van der Waals surface area contributed by atoms with Crippen LogP contribution in [0.3, 0.4) is 0 Å². The summed E-state index contributed by atoms with van der Waals surface area (Å²) >= 11 is 0. The fourth-order valence-electron chi connectivity index (χ4n) is 6.33. The molecule has 0 amide bonds. The highest BCUT2D eigenvalue weighted by molar-refractivity contribution is 7.94. The molecule has 1 aromatic carbocycles. The van der Waals surface area contributed by atoms with Gasteiger partial charge in [-0.25, -0.2) is 0 Å². The predicted molar refractivity (Wildman–Crippen MR) is 110 cm³/mol. The number of rotatable bonds is 8. The van der Waals surface area contributed by atoms with E-state index in [-0.39, 0.29) is 22.1 Å². The average Bonchev–Trinajstić information content (AvgIpc) is 2.70. The second-order valence-corrected chi connectivity index (χ2v) is 13.2. The van der Waals surface area contributed by atoms with Gasteiger partial charge in [0.15, 0.2) is 0 Å². The number of benzene rings is 1. The minimum absolute atomic E-state index is 0.00806. The highest BCUT2D eigenvalue weighted by Crippen LogP contribution is 2.61. The van der Waals surface area contributed by atoms with E-state index in [1.165, 1.54) is 18.2 Å². The molecule has 0 radical (unpaired) electrons. The van der Waals surface area contributed by atoms with E-state index in [9.17, 15) is 43.2 Å². The molecule has 0 atom stereocenters. The molecular formula is C20H23F6NO5S2. The smallest absolute Gasteiger partial charge is 0.281 e. The standard InChI is InChI=1S/C20H23F6NO5S2/c21-18(22,20(25,26)34(30,31)32)19(23,24)33(28,29)27(16-4-2-1-3-5-16)12-17-9-13-6-14(10-17)8-15(7-13)11-17/h1-5,13-15H,6-12H2,(H,30,31,32). The van der Waals surface area contributed by atoms with Gasteiger partial charge >= 0.3 is 36.6 Å². The van der Waals surface area contributed by atoms with Gasteiger partial charge in [-0.3, -0.25) is 8.86 Å². The zero-order valence-corrected chi connectivity index (χ0v) is 19.3. The number of hydrogen-bond acceptors (Lipinski definition) is 4. The molecule has 1 N–H and O–H groups in total. The summed E-state index contributed by atoms with van der Waals surface area (Å²) in [6.07, 6.45) is 4.19. The van der Waals surface area contributed by atoms with Crippen LogP contribution in [0.15, 0.2) is 30.3 Å². The van der Waals surface area contributed by atoms with Crippen LogP contribution in [0, 0.1) is 23.2 Å². The molecule has 1 aromatic rings. The van der Waals surface area contributed by atoms with Gasteiger partial charge in [0.05, 0.1) is 5.69 Å². The first-order chi connectivity index (χ1) is 15.4. The SMILES string of the molecule is O=S(=O)(O)C(F)(F)C(F)(F)C(F)(F)S(=O)(=O)N(CC12CC3CC(CC(C3)C1)C2)c1ccccc1. The van der Waals surface area contributed by atoms with Gasteiger partial charge in [-0.15, -0.1) is 0 Å². The second kappa shape index (κ2) is 7.73. The summed E-state index contributed by atoms with van der Waals surface area (Å²) in [5, 5.41) is -13.3. The Balaban J connectivity index is 1.79. The Hall–Kier alpha value is -1.54. The molecule has 0 spiro atoms. The summed E-state index contributed by atoms with van der Waals surface area (Å²) in [7, 11) is -13.7. The lowest BCUT2D eigenvalue weighted by Crippen LogP contribution is -2.64. The summed E-state index contributed by atoms with van der Waals surface area (Å²) in [5.41, 5.74) is -1.24. The van der Waals surface area contributed by atoms with Crippen LogP contribution in [-0.4, -0.2) is 44.4 Å². The molecule has 4 bridgehead atoms. The molecule has 5 rings (SSSR count). The topological polar surface area (TPSA) is 91.7 Å². The number of alkyl halides is 6. The fraction of sp³-hybridized carbons (Fsp3) is 0.700. The third kappa shape index (κ3) is 3.71. The van der Waals surface area contributed by atoms with Crippen LogP contribution in [0.5, 0.6) is 0 Å². The normalized spacial score (nSPS) is 29.9. The molecule has 4 fully saturated rings. The molecule has 0 aromatic heterocycles. The van der Waals surface area contributed by atoms with E-state index >= 15 is 0 Å². The number of anilines is 1. The van der Waals surface area contributed by atoms with Crippen molar-refractivity contribution in [1.29, 1.82) is 0 Å². The Kier molecular flexibility index (Phi) is 5.81. The Labute approximate surface area is 193 Å². The summed E-state index contributed by atoms with van der Waals surface area (Å²) in [5.74, 6) is -6.27. The highest BCUT2D eigenvalue weighted by Gasteiger charge is 2.83. The van der Waals surface area contributed by atoms with E-state index in [0.29, 0.717) is 19.3 Å². The Morgan fingerprint density at radius 3 is 1.68 bits per heavy atom. The van der Waals surface area contributed by atoms with Crippen LogP contribution in [0.4, 0.5) is 32.0 Å². The second-order valence-electron chi connectivity index (χ2n) is 9.85. The van der Waals surface area contributed by atoms with Crippen molar-refractivity contribution in [3.8, 4) is 0 Å². The van der Waals surface area contributed by atoms with Crippen molar-refractivity contribution in [2.45, 2.75) is 55.0 Å². The number of para-hydroxylation sites is 1. The highest BCUT2D eigenvalue weighted by atomic mass is 32.2. The molecule has 6 nitrogen and oxygen atoms in total. The van der Waals surface area contributed by atoms with Gasteiger partial charge in [0.1, 0.15) is 0 Å². The van der Waals surface area contributed by atoms with Crippen molar-refractivity contribution in [2.24, 2.45) is 23.2 Å². The lowest BCUT2D eigenvalue weighted by atomic mass is 9.49. The number of hydrogen-bond donors (Lipinski definition) is 1. The van der Waals surface area contributed by atoms with Crippen LogP contribution in [0.2, 0.25) is 0 Å². The van der Waals surface area contributed by atoms with Crippen LogP contribution < -0.4 is 4.31 Å². The minimum Gasteiger partial charge on any atom is -0.281 e. The molecule has 192 valence electrons. The number of nitrogens with zero attached hydrogens (tertiary/aromatic N) is 1. The molecule has 0 aliphatic heterocycles. The molecule has 0 saturated heterocycles. The van der Waals surface area contributed by atoms with Crippen molar-refractivity contribution >= 4 is 25.8 Å².